The Morgan fingerprint density at radius 1 is 1.29 bits per heavy atom. The standard InChI is InChI=1S/C18H26N2S/c1-18(2)12-19-16(13-7-8-13)11-20(18)10-15-9-14-5-3-4-6-17(14)21-15/h3-6,13,15-16,19H,7-12H2,1-2H3. The van der Waals surface area contributed by atoms with Gasteiger partial charge in [-0.25, -0.2) is 0 Å². The van der Waals surface area contributed by atoms with Gasteiger partial charge in [-0.15, -0.1) is 11.8 Å². The highest BCUT2D eigenvalue weighted by Gasteiger charge is 2.41. The van der Waals surface area contributed by atoms with Crippen molar-refractivity contribution in [1.29, 1.82) is 0 Å². The van der Waals surface area contributed by atoms with Crippen LogP contribution in [0, 0.1) is 5.92 Å². The van der Waals surface area contributed by atoms with Crippen LogP contribution in [0.4, 0.5) is 0 Å². The zero-order valence-electron chi connectivity index (χ0n) is 13.1. The highest BCUT2D eigenvalue weighted by molar-refractivity contribution is 8.00. The summed E-state index contributed by atoms with van der Waals surface area (Å²) < 4.78 is 0. The van der Waals surface area contributed by atoms with E-state index in [1.165, 1.54) is 37.2 Å². The van der Waals surface area contributed by atoms with Gasteiger partial charge in [0.25, 0.3) is 0 Å². The molecule has 21 heavy (non-hydrogen) atoms. The first-order valence-electron chi connectivity index (χ1n) is 8.35. The van der Waals surface area contributed by atoms with Crippen molar-refractivity contribution in [2.24, 2.45) is 5.92 Å². The number of nitrogens with one attached hydrogen (secondary N) is 1. The lowest BCUT2D eigenvalue weighted by atomic mass is 9.95. The molecular weight excluding hydrogens is 276 g/mol. The van der Waals surface area contributed by atoms with Crippen LogP contribution in [0.2, 0.25) is 0 Å². The Morgan fingerprint density at radius 3 is 2.86 bits per heavy atom. The average molecular weight is 302 g/mol. The third-order valence-electron chi connectivity index (χ3n) is 5.40. The molecule has 0 radical (unpaired) electrons. The zero-order chi connectivity index (χ0) is 14.4. The molecule has 1 aliphatic carbocycles. The van der Waals surface area contributed by atoms with E-state index in [-0.39, 0.29) is 0 Å². The third kappa shape index (κ3) is 2.88. The number of hydrogen-bond acceptors (Lipinski definition) is 3. The highest BCUT2D eigenvalue weighted by Crippen LogP contribution is 2.39. The summed E-state index contributed by atoms with van der Waals surface area (Å²) in [6.45, 7) is 8.41. The molecule has 4 rings (SSSR count). The van der Waals surface area contributed by atoms with Crippen LogP contribution in [-0.2, 0) is 6.42 Å². The second kappa shape index (κ2) is 5.29. The summed E-state index contributed by atoms with van der Waals surface area (Å²) in [6.07, 6.45) is 4.13. The summed E-state index contributed by atoms with van der Waals surface area (Å²) in [4.78, 5) is 4.27. The molecule has 1 saturated heterocycles. The SMILES string of the molecule is CC1(C)CNC(C2CC2)CN1CC1Cc2ccccc2S1. The lowest BCUT2D eigenvalue weighted by Crippen LogP contribution is -2.63. The monoisotopic (exact) mass is 302 g/mol. The van der Waals surface area contributed by atoms with Crippen molar-refractivity contribution in [3.8, 4) is 0 Å². The number of rotatable bonds is 3. The lowest BCUT2D eigenvalue weighted by molar-refractivity contribution is 0.0615. The molecule has 0 aromatic heterocycles. The van der Waals surface area contributed by atoms with Crippen LogP contribution in [0.15, 0.2) is 29.2 Å². The molecule has 2 aliphatic heterocycles. The van der Waals surface area contributed by atoms with Crippen molar-refractivity contribution in [3.63, 3.8) is 0 Å². The van der Waals surface area contributed by atoms with Gasteiger partial charge in [0.15, 0.2) is 0 Å². The Balaban J connectivity index is 1.43. The van der Waals surface area contributed by atoms with Gasteiger partial charge in [-0.2, -0.15) is 0 Å². The first-order chi connectivity index (χ1) is 10.1. The molecule has 1 saturated carbocycles. The summed E-state index contributed by atoms with van der Waals surface area (Å²) in [7, 11) is 0. The van der Waals surface area contributed by atoms with Gasteiger partial charge in [0.2, 0.25) is 0 Å². The summed E-state index contributed by atoms with van der Waals surface area (Å²) in [5, 5.41) is 4.53. The van der Waals surface area contributed by atoms with Gasteiger partial charge in [0, 0.05) is 41.4 Å². The van der Waals surface area contributed by atoms with Crippen molar-refractivity contribution in [2.45, 2.75) is 54.8 Å². The Morgan fingerprint density at radius 2 is 2.10 bits per heavy atom. The van der Waals surface area contributed by atoms with Crippen molar-refractivity contribution >= 4 is 11.8 Å². The van der Waals surface area contributed by atoms with Gasteiger partial charge >= 0.3 is 0 Å². The van der Waals surface area contributed by atoms with Crippen molar-refractivity contribution in [3.05, 3.63) is 29.8 Å². The van der Waals surface area contributed by atoms with Gasteiger partial charge in [-0.05, 0) is 50.7 Å². The van der Waals surface area contributed by atoms with Gasteiger partial charge < -0.3 is 5.32 Å². The number of fused-ring (bicyclic) bond motifs is 1. The predicted molar refractivity (Wildman–Crippen MR) is 90.0 cm³/mol. The molecule has 3 heteroatoms. The number of nitrogens with zero attached hydrogens (tertiary/aromatic N) is 1. The summed E-state index contributed by atoms with van der Waals surface area (Å²) in [6, 6.07) is 9.69. The molecule has 0 bridgehead atoms. The number of piperazine rings is 1. The van der Waals surface area contributed by atoms with Crippen LogP contribution in [-0.4, -0.2) is 41.4 Å². The van der Waals surface area contributed by atoms with E-state index in [1.54, 1.807) is 5.56 Å². The maximum absolute atomic E-state index is 3.79. The normalized spacial score (nSPS) is 32.1. The highest BCUT2D eigenvalue weighted by atomic mass is 32.2. The molecule has 2 unspecified atom stereocenters. The molecule has 2 heterocycles. The predicted octanol–water partition coefficient (Wildman–Crippen LogP) is 3.17. The molecule has 0 spiro atoms. The number of hydrogen-bond donors (Lipinski definition) is 1. The minimum absolute atomic E-state index is 0.292. The van der Waals surface area contributed by atoms with Crippen LogP contribution in [0.25, 0.3) is 0 Å². The summed E-state index contributed by atoms with van der Waals surface area (Å²) >= 11 is 2.09. The van der Waals surface area contributed by atoms with Crippen LogP contribution in [0.1, 0.15) is 32.3 Å². The molecule has 1 aromatic rings. The summed E-state index contributed by atoms with van der Waals surface area (Å²) in [5.74, 6) is 0.956. The fourth-order valence-electron chi connectivity index (χ4n) is 3.78. The van der Waals surface area contributed by atoms with Crippen molar-refractivity contribution in [1.82, 2.24) is 10.2 Å². The topological polar surface area (TPSA) is 15.3 Å². The van der Waals surface area contributed by atoms with Crippen LogP contribution in [0.3, 0.4) is 0 Å². The van der Waals surface area contributed by atoms with E-state index in [4.69, 9.17) is 0 Å². The van der Waals surface area contributed by atoms with Gasteiger partial charge in [-0.1, -0.05) is 18.2 Å². The van der Waals surface area contributed by atoms with Gasteiger partial charge in [0.05, 0.1) is 0 Å². The van der Waals surface area contributed by atoms with Crippen LogP contribution >= 0.6 is 11.8 Å². The Bertz CT molecular complexity index is 499. The van der Waals surface area contributed by atoms with E-state index in [0.717, 1.165) is 23.8 Å². The van der Waals surface area contributed by atoms with Crippen molar-refractivity contribution in [2.75, 3.05) is 19.6 Å². The third-order valence-corrected chi connectivity index (χ3v) is 6.70. The van der Waals surface area contributed by atoms with Crippen molar-refractivity contribution < 1.29 is 0 Å². The van der Waals surface area contributed by atoms with Crippen LogP contribution in [0.5, 0.6) is 0 Å². The maximum Gasteiger partial charge on any atom is 0.0278 e. The molecule has 0 amide bonds. The molecule has 1 N–H and O–H groups in total. The van der Waals surface area contributed by atoms with E-state index >= 15 is 0 Å². The van der Waals surface area contributed by atoms with E-state index < -0.39 is 0 Å². The molecule has 3 aliphatic rings. The molecule has 1 aromatic carbocycles. The average Bonchev–Trinajstić information content (AvgIpc) is 3.21. The summed E-state index contributed by atoms with van der Waals surface area (Å²) in [5.41, 5.74) is 1.85. The number of thioether (sulfide) groups is 1. The van der Waals surface area contributed by atoms with E-state index in [9.17, 15) is 0 Å². The molecule has 2 fully saturated rings. The minimum Gasteiger partial charge on any atom is -0.311 e. The largest absolute Gasteiger partial charge is 0.311 e. The first kappa shape index (κ1) is 14.1. The Hall–Kier alpha value is -0.510. The smallest absolute Gasteiger partial charge is 0.0278 e. The quantitative estimate of drug-likeness (QED) is 0.923. The van der Waals surface area contributed by atoms with E-state index in [0.29, 0.717) is 5.54 Å². The lowest BCUT2D eigenvalue weighted by Gasteiger charge is -2.47. The second-order valence-corrected chi connectivity index (χ2v) is 8.94. The molecular formula is C18H26N2S. The van der Waals surface area contributed by atoms with Crippen LogP contribution < -0.4 is 5.32 Å². The van der Waals surface area contributed by atoms with Gasteiger partial charge in [0.1, 0.15) is 0 Å². The first-order valence-corrected chi connectivity index (χ1v) is 9.23. The zero-order valence-corrected chi connectivity index (χ0v) is 14.0. The minimum atomic E-state index is 0.292. The van der Waals surface area contributed by atoms with Gasteiger partial charge in [-0.3, -0.25) is 4.90 Å². The van der Waals surface area contributed by atoms with E-state index in [1.807, 2.05) is 0 Å². The maximum atomic E-state index is 3.79. The molecule has 2 atom stereocenters. The fourth-order valence-corrected chi connectivity index (χ4v) is 5.12. The second-order valence-electron chi connectivity index (χ2n) is 7.59. The fraction of sp³-hybridized carbons (Fsp3) is 0.667. The van der Waals surface area contributed by atoms with E-state index in [2.05, 4.69) is 60.1 Å². The Kier molecular flexibility index (Phi) is 3.55. The molecule has 2 nitrogen and oxygen atoms in total. The Labute approximate surface area is 132 Å². The number of benzene rings is 1. The molecule has 114 valence electrons.